The van der Waals surface area contributed by atoms with Crippen molar-refractivity contribution >= 4 is 16.1 Å². The first-order valence-corrected chi connectivity index (χ1v) is 12.4. The van der Waals surface area contributed by atoms with Crippen molar-refractivity contribution in [2.24, 2.45) is 0 Å². The third-order valence-electron chi connectivity index (χ3n) is 5.57. The van der Waals surface area contributed by atoms with Crippen LogP contribution >= 0.6 is 0 Å². The highest BCUT2D eigenvalue weighted by Crippen LogP contribution is 2.46. The maximum absolute atomic E-state index is 15.1. The minimum atomic E-state index is -6.14. The van der Waals surface area contributed by atoms with Gasteiger partial charge in [-0.2, -0.15) is 21.6 Å². The maximum atomic E-state index is 15.1. The molecule has 0 fully saturated rings. The highest BCUT2D eigenvalue weighted by Gasteiger charge is 2.49. The monoisotopic (exact) mass is 534 g/mol. The number of rotatable bonds is 6. The zero-order valence-corrected chi connectivity index (χ0v) is 21.1. The zero-order chi connectivity index (χ0) is 27.2. The van der Waals surface area contributed by atoms with Crippen molar-refractivity contribution in [2.45, 2.75) is 64.7 Å². The molecule has 0 aromatic heterocycles. The van der Waals surface area contributed by atoms with Crippen LogP contribution in [0.2, 0.25) is 0 Å². The van der Waals surface area contributed by atoms with Gasteiger partial charge in [-0.15, -0.1) is 0 Å². The largest absolute Gasteiger partial charge is 0.534 e. The maximum Gasteiger partial charge on any atom is 0.534 e. The molecule has 0 aliphatic carbocycles. The Morgan fingerprint density at radius 2 is 1.81 bits per heavy atom. The van der Waals surface area contributed by atoms with E-state index in [1.807, 2.05) is 0 Å². The number of halogens is 4. The van der Waals surface area contributed by atoms with Crippen LogP contribution in [0.1, 0.15) is 55.5 Å². The van der Waals surface area contributed by atoms with Crippen LogP contribution in [0.3, 0.4) is 0 Å². The van der Waals surface area contributed by atoms with Crippen molar-refractivity contribution in [1.82, 2.24) is 0 Å². The summed E-state index contributed by atoms with van der Waals surface area (Å²) >= 11 is 0. The summed E-state index contributed by atoms with van der Waals surface area (Å²) in [6, 6.07) is 3.16. The standard InChI is InChI=1S/C24H26F4O7S/c1-12-8-9-17(35-36(31,32)24(26,27)28)19(18(12)21(22(29)30)34-23(3,4)5)15-11-16(25)20-14(13(15)2)7-6-10-33-20/h8-9,11,21H,6-7,10H2,1-5H3,(H,29,30). The van der Waals surface area contributed by atoms with E-state index in [0.717, 1.165) is 12.1 Å². The second-order valence-corrected chi connectivity index (χ2v) is 10.9. The molecule has 1 aliphatic rings. The number of aliphatic carboxylic acids is 1. The van der Waals surface area contributed by atoms with Crippen molar-refractivity contribution in [3.05, 3.63) is 46.3 Å². The van der Waals surface area contributed by atoms with Gasteiger partial charge in [-0.3, -0.25) is 0 Å². The first kappa shape index (κ1) is 27.7. The molecule has 1 unspecified atom stereocenters. The van der Waals surface area contributed by atoms with E-state index in [1.54, 1.807) is 27.7 Å². The number of alkyl halides is 3. The van der Waals surface area contributed by atoms with E-state index in [0.29, 0.717) is 24.0 Å². The number of hydrogen-bond donors (Lipinski definition) is 1. The molecule has 0 radical (unpaired) electrons. The van der Waals surface area contributed by atoms with E-state index in [-0.39, 0.29) is 34.6 Å². The number of hydrogen-bond acceptors (Lipinski definition) is 6. The summed E-state index contributed by atoms with van der Waals surface area (Å²) in [5.41, 5.74) is -6.22. The van der Waals surface area contributed by atoms with Crippen LogP contribution in [0.5, 0.6) is 11.5 Å². The number of ether oxygens (including phenoxy) is 2. The summed E-state index contributed by atoms with van der Waals surface area (Å²) in [5, 5.41) is 10.00. The molecule has 3 rings (SSSR count). The molecule has 0 amide bonds. The average molecular weight is 535 g/mol. The molecule has 7 nitrogen and oxygen atoms in total. The topological polar surface area (TPSA) is 99.1 Å². The van der Waals surface area contributed by atoms with Gasteiger partial charge in [0, 0.05) is 16.7 Å². The summed E-state index contributed by atoms with van der Waals surface area (Å²) in [6.45, 7) is 8.05. The molecule has 2 aromatic carbocycles. The molecule has 1 N–H and O–H groups in total. The fourth-order valence-electron chi connectivity index (χ4n) is 4.06. The van der Waals surface area contributed by atoms with Gasteiger partial charge in [0.2, 0.25) is 0 Å². The number of carboxylic acid groups (broad SMARTS) is 1. The molecule has 0 bridgehead atoms. The van der Waals surface area contributed by atoms with Gasteiger partial charge >= 0.3 is 21.6 Å². The summed E-state index contributed by atoms with van der Waals surface area (Å²) in [7, 11) is -6.14. The second kappa shape index (κ2) is 9.55. The third-order valence-corrected chi connectivity index (χ3v) is 6.54. The molecule has 1 heterocycles. The van der Waals surface area contributed by atoms with Gasteiger partial charge < -0.3 is 18.8 Å². The van der Waals surface area contributed by atoms with Gasteiger partial charge in [-0.25, -0.2) is 9.18 Å². The minimum Gasteiger partial charge on any atom is -0.490 e. The molecule has 2 aromatic rings. The summed E-state index contributed by atoms with van der Waals surface area (Å²) in [4.78, 5) is 12.3. The number of carbonyl (C=O) groups is 1. The number of benzene rings is 2. The quantitative estimate of drug-likeness (QED) is 0.292. The molecule has 1 atom stereocenters. The molecule has 12 heteroatoms. The third kappa shape index (κ3) is 5.44. The van der Waals surface area contributed by atoms with Gasteiger partial charge in [0.05, 0.1) is 12.2 Å². The first-order valence-electron chi connectivity index (χ1n) is 10.9. The Labute approximate surface area is 206 Å². The van der Waals surface area contributed by atoms with Crippen molar-refractivity contribution in [1.29, 1.82) is 0 Å². The summed E-state index contributed by atoms with van der Waals surface area (Å²) < 4.78 is 94.2. The van der Waals surface area contributed by atoms with E-state index in [4.69, 9.17) is 9.47 Å². The lowest BCUT2D eigenvalue weighted by Gasteiger charge is -2.29. The molecule has 198 valence electrons. The van der Waals surface area contributed by atoms with Crippen LogP contribution in [-0.2, 0) is 26.1 Å². The van der Waals surface area contributed by atoms with Crippen LogP contribution in [0.25, 0.3) is 11.1 Å². The van der Waals surface area contributed by atoms with Crippen LogP contribution in [0.4, 0.5) is 17.6 Å². The zero-order valence-electron chi connectivity index (χ0n) is 20.2. The highest BCUT2D eigenvalue weighted by atomic mass is 32.2. The molecule has 1 aliphatic heterocycles. The van der Waals surface area contributed by atoms with Crippen LogP contribution < -0.4 is 8.92 Å². The fraction of sp³-hybridized carbons (Fsp3) is 0.458. The first-order chi connectivity index (χ1) is 16.4. The second-order valence-electron chi connectivity index (χ2n) is 9.39. The van der Waals surface area contributed by atoms with E-state index in [2.05, 4.69) is 4.18 Å². The molecular weight excluding hydrogens is 508 g/mol. The van der Waals surface area contributed by atoms with E-state index >= 15 is 4.39 Å². The van der Waals surface area contributed by atoms with E-state index < -0.39 is 44.9 Å². The SMILES string of the molecule is Cc1ccc(OS(=O)(=O)C(F)(F)F)c(-c2cc(F)c3c(c2C)CCCO3)c1C(OC(C)(C)C)C(=O)O. The predicted molar refractivity (Wildman–Crippen MR) is 122 cm³/mol. The number of fused-ring (bicyclic) bond motifs is 1. The summed E-state index contributed by atoms with van der Waals surface area (Å²) in [5.74, 6) is -3.13. The van der Waals surface area contributed by atoms with Gasteiger partial charge in [0.25, 0.3) is 0 Å². The minimum absolute atomic E-state index is 0.0113. The lowest BCUT2D eigenvalue weighted by Crippen LogP contribution is -2.30. The molecular formula is C24H26F4O7S. The lowest BCUT2D eigenvalue weighted by molar-refractivity contribution is -0.160. The summed E-state index contributed by atoms with van der Waals surface area (Å²) in [6.07, 6.45) is -0.800. The lowest BCUT2D eigenvalue weighted by atomic mass is 9.86. The Morgan fingerprint density at radius 1 is 1.17 bits per heavy atom. The van der Waals surface area contributed by atoms with Crippen LogP contribution in [-0.4, -0.2) is 37.2 Å². The van der Waals surface area contributed by atoms with Gasteiger partial charge in [-0.1, -0.05) is 6.07 Å². The van der Waals surface area contributed by atoms with Crippen molar-refractivity contribution < 1.29 is 49.5 Å². The Morgan fingerprint density at radius 3 is 2.36 bits per heavy atom. The molecule has 0 saturated heterocycles. The fourth-order valence-corrected chi connectivity index (χ4v) is 4.53. The number of carboxylic acids is 1. The highest BCUT2D eigenvalue weighted by molar-refractivity contribution is 7.88. The van der Waals surface area contributed by atoms with E-state index in [1.165, 1.54) is 13.0 Å². The molecule has 0 spiro atoms. The van der Waals surface area contributed by atoms with Crippen molar-refractivity contribution in [2.75, 3.05) is 6.61 Å². The van der Waals surface area contributed by atoms with Crippen LogP contribution in [0.15, 0.2) is 18.2 Å². The average Bonchev–Trinajstić information content (AvgIpc) is 2.74. The predicted octanol–water partition coefficient (Wildman–Crippen LogP) is 5.60. The molecule has 0 saturated carbocycles. The van der Waals surface area contributed by atoms with Crippen molar-refractivity contribution in [3.8, 4) is 22.6 Å². The number of aryl methyl sites for hydroxylation is 1. The van der Waals surface area contributed by atoms with E-state index in [9.17, 15) is 31.5 Å². The van der Waals surface area contributed by atoms with Crippen LogP contribution in [0, 0.1) is 19.7 Å². The van der Waals surface area contributed by atoms with Gasteiger partial charge in [0.15, 0.2) is 23.4 Å². The smallest absolute Gasteiger partial charge is 0.490 e. The Bertz CT molecular complexity index is 1300. The Hall–Kier alpha value is -2.86. The normalized spacial score (nSPS) is 15.1. The Kier molecular flexibility index (Phi) is 7.35. The Balaban J connectivity index is 2.43. The van der Waals surface area contributed by atoms with Gasteiger partial charge in [0.1, 0.15) is 0 Å². The van der Waals surface area contributed by atoms with Crippen molar-refractivity contribution in [3.63, 3.8) is 0 Å². The van der Waals surface area contributed by atoms with Gasteiger partial charge in [-0.05, 0) is 76.3 Å². The molecule has 36 heavy (non-hydrogen) atoms.